The van der Waals surface area contributed by atoms with Gasteiger partial charge in [0.1, 0.15) is 5.75 Å². The van der Waals surface area contributed by atoms with Crippen molar-refractivity contribution in [1.29, 1.82) is 0 Å². The summed E-state index contributed by atoms with van der Waals surface area (Å²) in [5.41, 5.74) is 6.12. The second kappa shape index (κ2) is 5.32. The lowest BCUT2D eigenvalue weighted by Crippen LogP contribution is -2.11. The third-order valence-electron chi connectivity index (χ3n) is 2.34. The molecule has 0 unspecified atom stereocenters. The second-order valence-electron chi connectivity index (χ2n) is 3.59. The Morgan fingerprint density at radius 1 is 1.38 bits per heavy atom. The highest BCUT2D eigenvalue weighted by molar-refractivity contribution is 7.91. The summed E-state index contributed by atoms with van der Waals surface area (Å²) < 4.78 is 28.8. The molecular weight excluding hydrogens is 226 g/mol. The smallest absolute Gasteiger partial charge is 0.178 e. The van der Waals surface area contributed by atoms with Crippen molar-refractivity contribution in [1.82, 2.24) is 0 Å². The predicted octanol–water partition coefficient (Wildman–Crippen LogP) is 1.13. The van der Waals surface area contributed by atoms with Gasteiger partial charge in [0.25, 0.3) is 0 Å². The molecule has 1 aromatic carbocycles. The number of hydrogen-bond acceptors (Lipinski definition) is 4. The van der Waals surface area contributed by atoms with Gasteiger partial charge in [0, 0.05) is 0 Å². The second-order valence-corrected chi connectivity index (χ2v) is 5.70. The van der Waals surface area contributed by atoms with E-state index in [4.69, 9.17) is 10.5 Å². The summed E-state index contributed by atoms with van der Waals surface area (Å²) in [6.07, 6.45) is 0.480. The van der Waals surface area contributed by atoms with Gasteiger partial charge in [0.05, 0.1) is 17.8 Å². The van der Waals surface area contributed by atoms with E-state index in [1.165, 1.54) is 0 Å². The van der Waals surface area contributed by atoms with E-state index in [-0.39, 0.29) is 5.75 Å². The van der Waals surface area contributed by atoms with Crippen molar-refractivity contribution in [2.75, 3.05) is 19.4 Å². The zero-order valence-electron chi connectivity index (χ0n) is 9.56. The first-order valence-electron chi connectivity index (χ1n) is 5.08. The van der Waals surface area contributed by atoms with Gasteiger partial charge < -0.3 is 10.5 Å². The number of nitrogens with two attached hydrogens (primary N) is 1. The molecule has 0 radical (unpaired) electrons. The molecule has 0 saturated heterocycles. The Morgan fingerprint density at radius 2 is 2.06 bits per heavy atom. The third kappa shape index (κ3) is 2.96. The summed E-state index contributed by atoms with van der Waals surface area (Å²) in [5, 5.41) is 0. The van der Waals surface area contributed by atoms with Crippen molar-refractivity contribution in [2.24, 2.45) is 5.73 Å². The first kappa shape index (κ1) is 13.0. The minimum absolute atomic E-state index is 0.0925. The van der Waals surface area contributed by atoms with Crippen molar-refractivity contribution in [3.63, 3.8) is 0 Å². The normalized spacial score (nSPS) is 11.4. The molecule has 0 fully saturated rings. The molecule has 0 aromatic heterocycles. The zero-order chi connectivity index (χ0) is 12.2. The number of hydrogen-bond donors (Lipinski definition) is 1. The van der Waals surface area contributed by atoms with Gasteiger partial charge >= 0.3 is 0 Å². The standard InChI is InChI=1S/C11H17NO3S/c1-9-8-10(4-5-11(9)15-2)16(13,14)7-3-6-12/h4-5,8H,3,6-7,12H2,1-2H3. The molecule has 16 heavy (non-hydrogen) atoms. The molecule has 0 heterocycles. The maximum atomic E-state index is 11.8. The number of rotatable bonds is 5. The van der Waals surface area contributed by atoms with Crippen LogP contribution in [0.2, 0.25) is 0 Å². The summed E-state index contributed by atoms with van der Waals surface area (Å²) in [7, 11) is -1.65. The Hall–Kier alpha value is -1.07. The fourth-order valence-electron chi connectivity index (χ4n) is 1.44. The molecule has 0 amide bonds. The fraction of sp³-hybridized carbons (Fsp3) is 0.455. The van der Waals surface area contributed by atoms with E-state index in [9.17, 15) is 8.42 Å². The van der Waals surface area contributed by atoms with Gasteiger partial charge in [-0.15, -0.1) is 0 Å². The summed E-state index contributed by atoms with van der Waals surface area (Å²) in [5.74, 6) is 0.785. The Labute approximate surface area is 96.3 Å². The van der Waals surface area contributed by atoms with Gasteiger partial charge in [0.15, 0.2) is 9.84 Å². The van der Waals surface area contributed by atoms with E-state index in [1.54, 1.807) is 25.3 Å². The molecule has 2 N–H and O–H groups in total. The molecule has 0 aliphatic heterocycles. The van der Waals surface area contributed by atoms with Crippen LogP contribution in [0.5, 0.6) is 5.75 Å². The van der Waals surface area contributed by atoms with E-state index < -0.39 is 9.84 Å². The van der Waals surface area contributed by atoms with Crippen LogP contribution in [0.25, 0.3) is 0 Å². The molecular formula is C11H17NO3S. The topological polar surface area (TPSA) is 69.4 Å². The lowest BCUT2D eigenvalue weighted by Gasteiger charge is -2.08. The van der Waals surface area contributed by atoms with Crippen LogP contribution in [0, 0.1) is 6.92 Å². The summed E-state index contributed by atoms with van der Waals surface area (Å²) >= 11 is 0. The minimum atomic E-state index is -3.21. The summed E-state index contributed by atoms with van der Waals surface area (Å²) in [6, 6.07) is 4.87. The van der Waals surface area contributed by atoms with Gasteiger partial charge in [-0.2, -0.15) is 0 Å². The highest BCUT2D eigenvalue weighted by atomic mass is 32.2. The van der Waals surface area contributed by atoms with Crippen LogP contribution in [0.4, 0.5) is 0 Å². The van der Waals surface area contributed by atoms with Gasteiger partial charge in [-0.3, -0.25) is 0 Å². The average Bonchev–Trinajstić information content (AvgIpc) is 2.26. The number of methoxy groups -OCH3 is 1. The quantitative estimate of drug-likeness (QED) is 0.841. The fourth-order valence-corrected chi connectivity index (χ4v) is 2.85. The predicted molar refractivity (Wildman–Crippen MR) is 63.5 cm³/mol. The zero-order valence-corrected chi connectivity index (χ0v) is 10.4. The molecule has 90 valence electrons. The monoisotopic (exact) mass is 243 g/mol. The Kier molecular flexibility index (Phi) is 4.32. The van der Waals surface area contributed by atoms with Crippen molar-refractivity contribution in [3.05, 3.63) is 23.8 Å². The van der Waals surface area contributed by atoms with Crippen LogP contribution in [0.15, 0.2) is 23.1 Å². The van der Waals surface area contributed by atoms with Crippen LogP contribution in [0.1, 0.15) is 12.0 Å². The van der Waals surface area contributed by atoms with Gasteiger partial charge in [-0.05, 0) is 43.7 Å². The average molecular weight is 243 g/mol. The molecule has 0 aliphatic carbocycles. The van der Waals surface area contributed by atoms with Crippen LogP contribution in [-0.2, 0) is 9.84 Å². The van der Waals surface area contributed by atoms with E-state index in [2.05, 4.69) is 0 Å². The number of aryl methyl sites for hydroxylation is 1. The van der Waals surface area contributed by atoms with Gasteiger partial charge in [-0.25, -0.2) is 8.42 Å². The molecule has 0 saturated carbocycles. The number of ether oxygens (including phenoxy) is 1. The summed E-state index contributed by atoms with van der Waals surface area (Å²) in [4.78, 5) is 0.333. The van der Waals surface area contributed by atoms with Crippen molar-refractivity contribution < 1.29 is 13.2 Å². The van der Waals surface area contributed by atoms with Gasteiger partial charge in [0.2, 0.25) is 0 Å². The number of sulfone groups is 1. The Balaban J connectivity index is 3.01. The molecule has 0 aliphatic rings. The minimum Gasteiger partial charge on any atom is -0.496 e. The van der Waals surface area contributed by atoms with E-state index >= 15 is 0 Å². The van der Waals surface area contributed by atoms with Crippen molar-refractivity contribution >= 4 is 9.84 Å². The van der Waals surface area contributed by atoms with E-state index in [1.807, 2.05) is 6.92 Å². The maximum absolute atomic E-state index is 11.8. The molecule has 0 bridgehead atoms. The molecule has 0 spiro atoms. The first-order valence-corrected chi connectivity index (χ1v) is 6.74. The van der Waals surface area contributed by atoms with Crippen LogP contribution >= 0.6 is 0 Å². The maximum Gasteiger partial charge on any atom is 0.178 e. The molecule has 1 aromatic rings. The lowest BCUT2D eigenvalue weighted by molar-refractivity contribution is 0.411. The molecule has 1 rings (SSSR count). The van der Waals surface area contributed by atoms with Crippen molar-refractivity contribution in [3.8, 4) is 5.75 Å². The van der Waals surface area contributed by atoms with Crippen LogP contribution in [-0.4, -0.2) is 27.8 Å². The summed E-state index contributed by atoms with van der Waals surface area (Å²) in [6.45, 7) is 2.20. The first-order chi connectivity index (χ1) is 7.51. The highest BCUT2D eigenvalue weighted by Crippen LogP contribution is 2.22. The lowest BCUT2D eigenvalue weighted by atomic mass is 10.2. The van der Waals surface area contributed by atoms with Crippen LogP contribution in [0.3, 0.4) is 0 Å². The SMILES string of the molecule is COc1ccc(S(=O)(=O)CCCN)cc1C. The Bertz CT molecular complexity index is 454. The van der Waals surface area contributed by atoms with E-state index in [0.717, 1.165) is 5.56 Å². The third-order valence-corrected chi connectivity index (χ3v) is 4.14. The Morgan fingerprint density at radius 3 is 2.56 bits per heavy atom. The molecule has 4 nitrogen and oxygen atoms in total. The molecule has 5 heteroatoms. The largest absolute Gasteiger partial charge is 0.496 e. The van der Waals surface area contributed by atoms with Crippen LogP contribution < -0.4 is 10.5 Å². The number of benzene rings is 1. The molecule has 0 atom stereocenters. The van der Waals surface area contributed by atoms with Crippen molar-refractivity contribution in [2.45, 2.75) is 18.2 Å². The van der Waals surface area contributed by atoms with Gasteiger partial charge in [-0.1, -0.05) is 0 Å². The van der Waals surface area contributed by atoms with E-state index in [0.29, 0.717) is 23.6 Å². The highest BCUT2D eigenvalue weighted by Gasteiger charge is 2.14.